The van der Waals surface area contributed by atoms with Crippen molar-refractivity contribution >= 4 is 33.9 Å². The smallest absolute Gasteiger partial charge is 0.334 e. The molecule has 0 spiro atoms. The Morgan fingerprint density at radius 3 is 2.59 bits per heavy atom. The Morgan fingerprint density at radius 1 is 1.11 bits per heavy atom. The summed E-state index contributed by atoms with van der Waals surface area (Å²) in [6.45, 7) is -0.438. The minimum atomic E-state index is -0.636. The number of nitrogens with zero attached hydrogens (tertiary/aromatic N) is 7. The Bertz CT molecular complexity index is 1060. The van der Waals surface area contributed by atoms with E-state index >= 15 is 0 Å². The second-order valence-electron chi connectivity index (χ2n) is 5.32. The van der Waals surface area contributed by atoms with Crippen LogP contribution in [0.1, 0.15) is 0 Å². The fraction of sp³-hybridized carbons (Fsp3) is 0.118. The van der Waals surface area contributed by atoms with E-state index in [0.29, 0.717) is 5.69 Å². The third-order valence-corrected chi connectivity index (χ3v) is 3.71. The molecule has 10 nitrogen and oxygen atoms in total. The predicted octanol–water partition coefficient (Wildman–Crippen LogP) is 2.53. The van der Waals surface area contributed by atoms with Crippen LogP contribution in [0.3, 0.4) is 0 Å². The second kappa shape index (κ2) is 7.72. The van der Waals surface area contributed by atoms with Gasteiger partial charge in [0.05, 0.1) is 22.6 Å². The first-order valence-corrected chi connectivity index (χ1v) is 7.74. The molecule has 0 aliphatic rings. The Morgan fingerprint density at radius 2 is 1.89 bits per heavy atom. The van der Waals surface area contributed by atoms with E-state index in [1.165, 1.54) is 4.90 Å². The van der Waals surface area contributed by atoms with Crippen LogP contribution < -0.4 is 10.2 Å². The molecule has 10 heteroatoms. The van der Waals surface area contributed by atoms with E-state index in [-0.39, 0.29) is 24.7 Å². The number of rotatable bonds is 6. The summed E-state index contributed by atoms with van der Waals surface area (Å²) in [4.78, 5) is 24.4. The normalized spacial score (nSPS) is 10.0. The highest BCUT2D eigenvalue weighted by Crippen LogP contribution is 2.34. The summed E-state index contributed by atoms with van der Waals surface area (Å²) in [5.74, 6) is -0.138. The van der Waals surface area contributed by atoms with Crippen LogP contribution >= 0.6 is 0 Å². The SMILES string of the molecule is N#CCN(CC#N)c1ncnc(Nc2cccc3ncccc23)c1[N+](=O)[O-]. The van der Waals surface area contributed by atoms with Gasteiger partial charge in [0.15, 0.2) is 0 Å². The number of hydrogen-bond acceptors (Lipinski definition) is 9. The molecule has 132 valence electrons. The number of anilines is 3. The second-order valence-corrected chi connectivity index (χ2v) is 5.32. The third kappa shape index (κ3) is 3.55. The molecule has 2 heterocycles. The summed E-state index contributed by atoms with van der Waals surface area (Å²) >= 11 is 0. The molecular formula is C17H12N8O2. The average Bonchev–Trinajstić information content (AvgIpc) is 2.68. The van der Waals surface area contributed by atoms with E-state index in [1.54, 1.807) is 24.4 Å². The van der Waals surface area contributed by atoms with E-state index in [2.05, 4.69) is 20.3 Å². The van der Waals surface area contributed by atoms with Crippen LogP contribution in [0.4, 0.5) is 23.0 Å². The summed E-state index contributed by atoms with van der Waals surface area (Å²) in [7, 11) is 0. The molecule has 0 unspecified atom stereocenters. The van der Waals surface area contributed by atoms with Crippen LogP contribution in [0.15, 0.2) is 42.9 Å². The van der Waals surface area contributed by atoms with Crippen molar-refractivity contribution < 1.29 is 4.92 Å². The van der Waals surface area contributed by atoms with E-state index in [1.807, 2.05) is 24.3 Å². The van der Waals surface area contributed by atoms with Crippen molar-refractivity contribution in [1.82, 2.24) is 15.0 Å². The van der Waals surface area contributed by atoms with Crippen LogP contribution in [0.2, 0.25) is 0 Å². The molecule has 27 heavy (non-hydrogen) atoms. The van der Waals surface area contributed by atoms with Gasteiger partial charge in [-0.2, -0.15) is 10.5 Å². The zero-order valence-electron chi connectivity index (χ0n) is 13.9. The van der Waals surface area contributed by atoms with Crippen molar-refractivity contribution in [1.29, 1.82) is 10.5 Å². The Hall–Kier alpha value is -4.31. The number of fused-ring (bicyclic) bond motifs is 1. The number of aromatic nitrogens is 3. The van der Waals surface area contributed by atoms with Gasteiger partial charge in [0.2, 0.25) is 11.6 Å². The molecule has 3 rings (SSSR count). The number of hydrogen-bond donors (Lipinski definition) is 1. The van der Waals surface area contributed by atoms with Gasteiger partial charge in [-0.1, -0.05) is 6.07 Å². The van der Waals surface area contributed by atoms with Crippen molar-refractivity contribution in [3.8, 4) is 12.1 Å². The van der Waals surface area contributed by atoms with Crippen LogP contribution in [0.25, 0.3) is 10.9 Å². The standard InChI is InChI=1S/C17H12N8O2/c18-6-9-24(10-7-19)17-15(25(26)27)16(21-11-22-17)23-14-5-1-4-13-12(14)3-2-8-20-13/h1-5,8,11H,9-10H2,(H,21,22,23). The van der Waals surface area contributed by atoms with Gasteiger partial charge in [0.25, 0.3) is 0 Å². The molecule has 0 amide bonds. The molecule has 0 saturated heterocycles. The molecule has 0 aliphatic carbocycles. The molecule has 0 aliphatic heterocycles. The van der Waals surface area contributed by atoms with Gasteiger partial charge < -0.3 is 10.2 Å². The third-order valence-electron chi connectivity index (χ3n) is 3.71. The molecular weight excluding hydrogens is 348 g/mol. The number of pyridine rings is 1. The fourth-order valence-corrected chi connectivity index (χ4v) is 2.58. The van der Waals surface area contributed by atoms with Crippen molar-refractivity contribution in [2.24, 2.45) is 0 Å². The highest BCUT2D eigenvalue weighted by atomic mass is 16.6. The molecule has 0 saturated carbocycles. The van der Waals surface area contributed by atoms with Crippen LogP contribution in [-0.2, 0) is 0 Å². The van der Waals surface area contributed by atoms with E-state index < -0.39 is 10.6 Å². The van der Waals surface area contributed by atoms with Crippen LogP contribution in [-0.4, -0.2) is 33.0 Å². The van der Waals surface area contributed by atoms with E-state index in [0.717, 1.165) is 17.2 Å². The first-order chi connectivity index (χ1) is 13.2. The summed E-state index contributed by atoms with van der Waals surface area (Å²) < 4.78 is 0. The number of nitrogens with one attached hydrogen (secondary N) is 1. The van der Waals surface area contributed by atoms with Gasteiger partial charge in [-0.25, -0.2) is 9.97 Å². The van der Waals surface area contributed by atoms with Crippen LogP contribution in [0.5, 0.6) is 0 Å². The van der Waals surface area contributed by atoms with Crippen molar-refractivity contribution in [2.75, 3.05) is 23.3 Å². The maximum Gasteiger partial charge on any atom is 0.353 e. The number of nitro groups is 1. The van der Waals surface area contributed by atoms with Gasteiger partial charge in [-0.3, -0.25) is 15.1 Å². The van der Waals surface area contributed by atoms with Crippen molar-refractivity contribution in [2.45, 2.75) is 0 Å². The summed E-state index contributed by atoms with van der Waals surface area (Å²) in [6, 6.07) is 12.7. The molecule has 3 aromatic rings. The minimum absolute atomic E-state index is 0.0396. The van der Waals surface area contributed by atoms with Gasteiger partial charge in [-0.15, -0.1) is 0 Å². The minimum Gasteiger partial charge on any atom is -0.334 e. The average molecular weight is 360 g/mol. The molecule has 1 aromatic carbocycles. The molecule has 1 N–H and O–H groups in total. The maximum atomic E-state index is 11.7. The lowest BCUT2D eigenvalue weighted by molar-refractivity contribution is -0.383. The molecule has 0 bridgehead atoms. The lowest BCUT2D eigenvalue weighted by atomic mass is 10.2. The predicted molar refractivity (Wildman–Crippen MR) is 97.2 cm³/mol. The van der Waals surface area contributed by atoms with E-state index in [4.69, 9.17) is 10.5 Å². The van der Waals surface area contributed by atoms with Crippen LogP contribution in [0, 0.1) is 32.8 Å². The Kier molecular flexibility index (Phi) is 5.00. The lowest BCUT2D eigenvalue weighted by Crippen LogP contribution is -2.26. The summed E-state index contributed by atoms with van der Waals surface area (Å²) in [5.41, 5.74) is 0.888. The molecule has 0 fully saturated rings. The fourth-order valence-electron chi connectivity index (χ4n) is 2.58. The number of benzene rings is 1. The van der Waals surface area contributed by atoms with E-state index in [9.17, 15) is 10.1 Å². The first kappa shape index (κ1) is 17.5. The highest BCUT2D eigenvalue weighted by Gasteiger charge is 2.27. The van der Waals surface area contributed by atoms with Crippen molar-refractivity contribution in [3.05, 3.63) is 53.0 Å². The topological polar surface area (TPSA) is 145 Å². The Labute approximate surface area is 153 Å². The van der Waals surface area contributed by atoms with Gasteiger partial charge in [0.1, 0.15) is 19.4 Å². The zero-order chi connectivity index (χ0) is 19.2. The largest absolute Gasteiger partial charge is 0.353 e. The van der Waals surface area contributed by atoms with Gasteiger partial charge in [0, 0.05) is 17.3 Å². The first-order valence-electron chi connectivity index (χ1n) is 7.74. The molecule has 2 aromatic heterocycles. The monoisotopic (exact) mass is 360 g/mol. The highest BCUT2D eigenvalue weighted by molar-refractivity contribution is 5.93. The quantitative estimate of drug-likeness (QED) is 0.398. The van der Waals surface area contributed by atoms with Gasteiger partial charge in [-0.05, 0) is 24.3 Å². The maximum absolute atomic E-state index is 11.7. The molecule has 0 atom stereocenters. The summed E-state index contributed by atoms with van der Waals surface area (Å²) in [6.07, 6.45) is 2.80. The molecule has 0 radical (unpaired) electrons. The van der Waals surface area contributed by atoms with Crippen molar-refractivity contribution in [3.63, 3.8) is 0 Å². The zero-order valence-corrected chi connectivity index (χ0v) is 13.9. The van der Waals surface area contributed by atoms with Gasteiger partial charge >= 0.3 is 5.69 Å². The Balaban J connectivity index is 2.11. The summed E-state index contributed by atoms with van der Waals surface area (Å²) in [5, 5.41) is 33.3. The lowest BCUT2D eigenvalue weighted by Gasteiger charge is -2.17. The number of nitriles is 2.